The van der Waals surface area contributed by atoms with Crippen molar-refractivity contribution in [1.29, 1.82) is 0 Å². The molecule has 0 aliphatic carbocycles. The minimum absolute atomic E-state index is 0.00771. The lowest BCUT2D eigenvalue weighted by molar-refractivity contribution is -0.132. The summed E-state index contributed by atoms with van der Waals surface area (Å²) in [5, 5.41) is 2.97. The predicted molar refractivity (Wildman–Crippen MR) is 79.2 cm³/mol. The number of furan rings is 1. The zero-order chi connectivity index (χ0) is 15.4. The van der Waals surface area contributed by atoms with Gasteiger partial charge in [0.25, 0.3) is 5.91 Å². The molecular formula is C15H23N3O3. The molecule has 2 rings (SSSR count). The molecule has 6 nitrogen and oxygen atoms in total. The van der Waals surface area contributed by atoms with E-state index in [1.165, 1.54) is 0 Å². The summed E-state index contributed by atoms with van der Waals surface area (Å²) in [6.45, 7) is 6.68. The highest BCUT2D eigenvalue weighted by Gasteiger charge is 2.26. The number of carbonyl (C=O) groups is 2. The van der Waals surface area contributed by atoms with Gasteiger partial charge in [0, 0.05) is 39.1 Å². The highest BCUT2D eigenvalue weighted by atomic mass is 16.3. The van der Waals surface area contributed by atoms with E-state index in [9.17, 15) is 9.59 Å². The molecule has 2 amide bonds. The number of nitrogens with one attached hydrogen (secondary N) is 1. The predicted octanol–water partition coefficient (Wildman–Crippen LogP) is 0.790. The summed E-state index contributed by atoms with van der Waals surface area (Å²) >= 11 is 0. The van der Waals surface area contributed by atoms with Crippen molar-refractivity contribution in [2.75, 3.05) is 39.8 Å². The Morgan fingerprint density at radius 2 is 1.81 bits per heavy atom. The van der Waals surface area contributed by atoms with E-state index in [-0.39, 0.29) is 11.8 Å². The first-order chi connectivity index (χ1) is 10.0. The van der Waals surface area contributed by atoms with Gasteiger partial charge in [-0.3, -0.25) is 9.59 Å². The van der Waals surface area contributed by atoms with Gasteiger partial charge in [0.1, 0.15) is 11.5 Å². The summed E-state index contributed by atoms with van der Waals surface area (Å²) in [5.74, 6) is 1.54. The summed E-state index contributed by atoms with van der Waals surface area (Å²) < 4.78 is 5.41. The van der Waals surface area contributed by atoms with Gasteiger partial charge in [0.05, 0.1) is 5.56 Å². The largest absolute Gasteiger partial charge is 0.466 e. The monoisotopic (exact) mass is 293 g/mol. The molecule has 0 radical (unpaired) electrons. The van der Waals surface area contributed by atoms with Gasteiger partial charge in [0.2, 0.25) is 5.91 Å². The molecule has 21 heavy (non-hydrogen) atoms. The quantitative estimate of drug-likeness (QED) is 0.891. The van der Waals surface area contributed by atoms with E-state index in [0.717, 1.165) is 5.76 Å². The summed E-state index contributed by atoms with van der Waals surface area (Å²) in [5.41, 5.74) is 0.627. The Bertz CT molecular complexity index is 516. The van der Waals surface area contributed by atoms with Crippen molar-refractivity contribution in [1.82, 2.24) is 15.1 Å². The van der Waals surface area contributed by atoms with Crippen molar-refractivity contribution in [2.45, 2.75) is 20.3 Å². The molecule has 1 N–H and O–H groups in total. The van der Waals surface area contributed by atoms with Gasteiger partial charge < -0.3 is 19.5 Å². The first kappa shape index (κ1) is 15.6. The van der Waals surface area contributed by atoms with Crippen molar-refractivity contribution in [2.24, 2.45) is 0 Å². The van der Waals surface area contributed by atoms with Gasteiger partial charge in [-0.05, 0) is 27.0 Å². The third-order valence-electron chi connectivity index (χ3n) is 3.78. The maximum Gasteiger partial charge on any atom is 0.257 e. The van der Waals surface area contributed by atoms with Gasteiger partial charge in [-0.15, -0.1) is 0 Å². The second-order valence-electron chi connectivity index (χ2n) is 5.35. The number of hydrogen-bond donors (Lipinski definition) is 1. The van der Waals surface area contributed by atoms with Crippen molar-refractivity contribution < 1.29 is 14.0 Å². The van der Waals surface area contributed by atoms with Crippen LogP contribution in [0.3, 0.4) is 0 Å². The third-order valence-corrected chi connectivity index (χ3v) is 3.78. The van der Waals surface area contributed by atoms with Gasteiger partial charge >= 0.3 is 0 Å². The average molecular weight is 293 g/mol. The van der Waals surface area contributed by atoms with Gasteiger partial charge in [-0.1, -0.05) is 0 Å². The van der Waals surface area contributed by atoms with E-state index in [1.807, 2.05) is 18.9 Å². The van der Waals surface area contributed by atoms with E-state index >= 15 is 0 Å². The number of carbonyl (C=O) groups excluding carboxylic acids is 2. The normalized spacial score (nSPS) is 15.4. The zero-order valence-electron chi connectivity index (χ0n) is 12.9. The fraction of sp³-hybridized carbons (Fsp3) is 0.600. The number of rotatable bonds is 4. The van der Waals surface area contributed by atoms with Crippen LogP contribution in [0.15, 0.2) is 10.5 Å². The highest BCUT2D eigenvalue weighted by molar-refractivity contribution is 5.95. The fourth-order valence-electron chi connectivity index (χ4n) is 2.56. The van der Waals surface area contributed by atoms with Crippen LogP contribution in [-0.4, -0.2) is 61.4 Å². The van der Waals surface area contributed by atoms with Crippen LogP contribution in [-0.2, 0) is 4.79 Å². The van der Waals surface area contributed by atoms with Crippen molar-refractivity contribution in [3.63, 3.8) is 0 Å². The number of amides is 2. The molecule has 0 aromatic carbocycles. The molecule has 2 heterocycles. The molecule has 6 heteroatoms. The van der Waals surface area contributed by atoms with Crippen LogP contribution in [0.4, 0.5) is 0 Å². The standard InChI is InChI=1S/C15H23N3O3/c1-11-10-13(12(2)21-11)15(20)18-8-6-17(7-9-18)14(19)4-5-16-3/h10,16H,4-9H2,1-3H3. The first-order valence-electron chi connectivity index (χ1n) is 7.31. The van der Waals surface area contributed by atoms with Crippen molar-refractivity contribution in [3.05, 3.63) is 23.2 Å². The van der Waals surface area contributed by atoms with Crippen LogP contribution >= 0.6 is 0 Å². The second-order valence-corrected chi connectivity index (χ2v) is 5.35. The second kappa shape index (κ2) is 6.76. The summed E-state index contributed by atoms with van der Waals surface area (Å²) in [6, 6.07) is 1.78. The fourth-order valence-corrected chi connectivity index (χ4v) is 2.56. The summed E-state index contributed by atoms with van der Waals surface area (Å²) in [6.07, 6.45) is 0.504. The Morgan fingerprint density at radius 3 is 2.33 bits per heavy atom. The molecule has 1 aliphatic heterocycles. The highest BCUT2D eigenvalue weighted by Crippen LogP contribution is 2.17. The molecule has 0 spiro atoms. The number of nitrogens with zero attached hydrogens (tertiary/aromatic N) is 2. The minimum atomic E-state index is -0.00771. The lowest BCUT2D eigenvalue weighted by atomic mass is 10.2. The van der Waals surface area contributed by atoms with E-state index in [2.05, 4.69) is 5.32 Å². The molecule has 0 atom stereocenters. The van der Waals surface area contributed by atoms with Crippen molar-refractivity contribution >= 4 is 11.8 Å². The molecule has 1 aliphatic rings. The molecule has 0 saturated carbocycles. The average Bonchev–Trinajstić information content (AvgIpc) is 2.83. The Kier molecular flexibility index (Phi) is 5.01. The molecule has 1 aromatic heterocycles. The van der Waals surface area contributed by atoms with Crippen LogP contribution in [0.25, 0.3) is 0 Å². The lowest BCUT2D eigenvalue weighted by Crippen LogP contribution is -2.50. The zero-order valence-corrected chi connectivity index (χ0v) is 12.9. The number of hydrogen-bond acceptors (Lipinski definition) is 4. The van der Waals surface area contributed by atoms with Gasteiger partial charge in [0.15, 0.2) is 0 Å². The smallest absolute Gasteiger partial charge is 0.257 e. The van der Waals surface area contributed by atoms with Gasteiger partial charge in [-0.2, -0.15) is 0 Å². The Morgan fingerprint density at radius 1 is 1.19 bits per heavy atom. The van der Waals surface area contributed by atoms with Gasteiger partial charge in [-0.25, -0.2) is 0 Å². The van der Waals surface area contributed by atoms with Crippen LogP contribution in [0.2, 0.25) is 0 Å². The molecule has 116 valence electrons. The van der Waals surface area contributed by atoms with E-state index in [0.29, 0.717) is 50.5 Å². The summed E-state index contributed by atoms with van der Waals surface area (Å²) in [7, 11) is 1.83. The molecular weight excluding hydrogens is 270 g/mol. The molecule has 1 fully saturated rings. The van der Waals surface area contributed by atoms with E-state index in [4.69, 9.17) is 4.42 Å². The molecule has 0 unspecified atom stereocenters. The van der Waals surface area contributed by atoms with Crippen LogP contribution < -0.4 is 5.32 Å². The Labute approximate surface area is 125 Å². The SMILES string of the molecule is CNCCC(=O)N1CCN(C(=O)c2cc(C)oc2C)CC1. The third kappa shape index (κ3) is 3.64. The summed E-state index contributed by atoms with van der Waals surface area (Å²) in [4.78, 5) is 28.0. The lowest BCUT2D eigenvalue weighted by Gasteiger charge is -2.34. The molecule has 0 bridgehead atoms. The van der Waals surface area contributed by atoms with Crippen LogP contribution in [0.5, 0.6) is 0 Å². The first-order valence-corrected chi connectivity index (χ1v) is 7.31. The maximum absolute atomic E-state index is 12.4. The Balaban J connectivity index is 1.90. The molecule has 1 aromatic rings. The van der Waals surface area contributed by atoms with Crippen LogP contribution in [0.1, 0.15) is 28.3 Å². The van der Waals surface area contributed by atoms with Crippen LogP contribution in [0, 0.1) is 13.8 Å². The number of aryl methyl sites for hydroxylation is 2. The van der Waals surface area contributed by atoms with Crippen molar-refractivity contribution in [3.8, 4) is 0 Å². The van der Waals surface area contributed by atoms with E-state index < -0.39 is 0 Å². The van der Waals surface area contributed by atoms with E-state index in [1.54, 1.807) is 17.9 Å². The molecule has 1 saturated heterocycles. The minimum Gasteiger partial charge on any atom is -0.466 e. The number of piperazine rings is 1. The maximum atomic E-state index is 12.4. The Hall–Kier alpha value is -1.82. The topological polar surface area (TPSA) is 65.8 Å².